The number of aromatic nitrogens is 1. The predicted octanol–water partition coefficient (Wildman–Crippen LogP) is 7.94. The Balaban J connectivity index is 1.37. The van der Waals surface area contributed by atoms with Gasteiger partial charge in [-0.05, 0) is 47.7 Å². The molecule has 2 aromatic heterocycles. The number of amidine groups is 1. The molecular formula is C38H29N5O. The number of fused-ring (bicyclic) bond motifs is 6. The van der Waals surface area contributed by atoms with Crippen molar-refractivity contribution in [1.82, 2.24) is 20.5 Å². The van der Waals surface area contributed by atoms with Gasteiger partial charge in [-0.25, -0.2) is 4.99 Å². The van der Waals surface area contributed by atoms with Crippen LogP contribution in [0.25, 0.3) is 44.5 Å². The predicted molar refractivity (Wildman–Crippen MR) is 178 cm³/mol. The summed E-state index contributed by atoms with van der Waals surface area (Å²) in [5.41, 5.74) is 8.56. The van der Waals surface area contributed by atoms with Crippen molar-refractivity contribution in [3.63, 3.8) is 0 Å². The number of aliphatic imine (C=N–C) groups is 1. The molecule has 0 saturated heterocycles. The largest absolute Gasteiger partial charge is 0.459 e. The Labute approximate surface area is 254 Å². The Kier molecular flexibility index (Phi) is 5.67. The molecule has 0 fully saturated rings. The zero-order valence-corrected chi connectivity index (χ0v) is 23.9. The lowest BCUT2D eigenvalue weighted by molar-refractivity contribution is 0.409. The van der Waals surface area contributed by atoms with Crippen molar-refractivity contribution in [1.29, 1.82) is 0 Å². The van der Waals surface area contributed by atoms with Gasteiger partial charge in [-0.3, -0.25) is 5.32 Å². The Morgan fingerprint density at radius 3 is 2.09 bits per heavy atom. The zero-order valence-electron chi connectivity index (χ0n) is 23.9. The third-order valence-electron chi connectivity index (χ3n) is 8.75. The van der Waals surface area contributed by atoms with E-state index in [2.05, 4.69) is 142 Å². The van der Waals surface area contributed by atoms with E-state index in [9.17, 15) is 0 Å². The van der Waals surface area contributed by atoms with E-state index in [1.807, 2.05) is 12.3 Å². The van der Waals surface area contributed by atoms with Crippen LogP contribution in [-0.4, -0.2) is 10.4 Å². The average Bonchev–Trinajstić information content (AvgIpc) is 3.64. The van der Waals surface area contributed by atoms with Crippen molar-refractivity contribution in [2.75, 3.05) is 0 Å². The summed E-state index contributed by atoms with van der Waals surface area (Å²) in [5, 5.41) is 14.4. The second-order valence-electron chi connectivity index (χ2n) is 11.3. The van der Waals surface area contributed by atoms with Gasteiger partial charge in [0.2, 0.25) is 0 Å². The maximum atomic E-state index is 6.47. The molecule has 0 amide bonds. The molecule has 6 nitrogen and oxygen atoms in total. The fourth-order valence-electron chi connectivity index (χ4n) is 6.77. The molecule has 5 aromatic carbocycles. The van der Waals surface area contributed by atoms with Gasteiger partial charge >= 0.3 is 0 Å². The summed E-state index contributed by atoms with van der Waals surface area (Å²) in [6.07, 6.45) is 3.72. The van der Waals surface area contributed by atoms with Crippen molar-refractivity contribution in [3.05, 3.63) is 156 Å². The first-order valence-electron chi connectivity index (χ1n) is 15.0. The first-order chi connectivity index (χ1) is 21.8. The minimum atomic E-state index is -0.251. The van der Waals surface area contributed by atoms with Crippen molar-refractivity contribution in [3.8, 4) is 5.69 Å². The van der Waals surface area contributed by atoms with E-state index in [-0.39, 0.29) is 12.3 Å². The molecule has 0 saturated carbocycles. The second-order valence-corrected chi connectivity index (χ2v) is 11.3. The van der Waals surface area contributed by atoms with Gasteiger partial charge in [0.1, 0.15) is 29.5 Å². The molecule has 0 aliphatic carbocycles. The quantitative estimate of drug-likeness (QED) is 0.201. The van der Waals surface area contributed by atoms with Crippen molar-refractivity contribution >= 4 is 44.7 Å². The molecule has 44 heavy (non-hydrogen) atoms. The Bertz CT molecular complexity index is 2190. The fourth-order valence-corrected chi connectivity index (χ4v) is 6.77. The van der Waals surface area contributed by atoms with Crippen LogP contribution in [0.3, 0.4) is 0 Å². The number of hydrogen-bond acceptors (Lipinski definition) is 5. The summed E-state index contributed by atoms with van der Waals surface area (Å²) in [7, 11) is 0. The SMILES string of the molecule is C1=Cc2c(oc3ccc(-n4c5ccccc5c5ccccc54)c(C4=NC(c5ccccc5)NC(c5ccccc5)N4)c23)CN1. The highest BCUT2D eigenvalue weighted by Gasteiger charge is 2.31. The van der Waals surface area contributed by atoms with E-state index in [0.29, 0.717) is 6.54 Å². The monoisotopic (exact) mass is 571 g/mol. The van der Waals surface area contributed by atoms with Gasteiger partial charge in [-0.1, -0.05) is 97.1 Å². The Hall–Kier alpha value is -5.59. The number of para-hydroxylation sites is 2. The van der Waals surface area contributed by atoms with E-state index in [0.717, 1.165) is 61.5 Å². The van der Waals surface area contributed by atoms with Crippen molar-refractivity contribution in [2.45, 2.75) is 18.9 Å². The lowest BCUT2D eigenvalue weighted by atomic mass is 9.98. The van der Waals surface area contributed by atoms with E-state index < -0.39 is 0 Å². The van der Waals surface area contributed by atoms with Crippen LogP contribution in [0, 0.1) is 0 Å². The molecule has 2 aliphatic rings. The molecule has 7 aromatic rings. The fraction of sp³-hybridized carbons (Fsp3) is 0.0789. The molecule has 0 bridgehead atoms. The van der Waals surface area contributed by atoms with Crippen molar-refractivity contribution in [2.24, 2.45) is 4.99 Å². The van der Waals surface area contributed by atoms with Gasteiger partial charge in [0.25, 0.3) is 0 Å². The van der Waals surface area contributed by atoms with Crippen LogP contribution < -0.4 is 16.0 Å². The standard InChI is InChI=1S/C38H29N5O/c1-3-11-24(12-4-1)36-40-37(25-13-5-2-6-14-25)42-38(41-36)35-31(19-20-32-34(35)28-21-22-39-23-33(28)44-32)43-29-17-9-7-15-26(29)27-16-8-10-18-30(27)43/h1-22,36-37,39-40H,23H2,(H,41,42). The highest BCUT2D eigenvalue weighted by atomic mass is 16.3. The van der Waals surface area contributed by atoms with Crippen LogP contribution in [-0.2, 0) is 6.54 Å². The van der Waals surface area contributed by atoms with E-state index in [1.54, 1.807) is 0 Å². The molecule has 2 atom stereocenters. The number of nitrogens with zero attached hydrogens (tertiary/aromatic N) is 2. The number of benzene rings is 5. The lowest BCUT2D eigenvalue weighted by Crippen LogP contribution is -2.45. The van der Waals surface area contributed by atoms with Gasteiger partial charge in [0.15, 0.2) is 0 Å². The summed E-state index contributed by atoms with van der Waals surface area (Å²) >= 11 is 0. The molecule has 6 heteroatoms. The first-order valence-corrected chi connectivity index (χ1v) is 15.0. The number of rotatable bonds is 4. The van der Waals surface area contributed by atoms with Gasteiger partial charge in [-0.2, -0.15) is 0 Å². The number of hydrogen-bond donors (Lipinski definition) is 3. The van der Waals surface area contributed by atoms with Crippen LogP contribution >= 0.6 is 0 Å². The summed E-state index contributed by atoms with van der Waals surface area (Å²) in [6.45, 7) is 0.644. The van der Waals surface area contributed by atoms with E-state index in [4.69, 9.17) is 9.41 Å². The second kappa shape index (κ2) is 10.0. The van der Waals surface area contributed by atoms with Crippen LogP contribution in [0.1, 0.15) is 40.3 Å². The Morgan fingerprint density at radius 2 is 1.36 bits per heavy atom. The number of nitrogens with one attached hydrogen (secondary N) is 3. The minimum absolute atomic E-state index is 0.157. The maximum Gasteiger partial charge on any atom is 0.135 e. The molecule has 3 N–H and O–H groups in total. The topological polar surface area (TPSA) is 66.5 Å². The molecule has 212 valence electrons. The van der Waals surface area contributed by atoms with Crippen LogP contribution in [0.4, 0.5) is 0 Å². The van der Waals surface area contributed by atoms with E-state index in [1.165, 1.54) is 10.8 Å². The Morgan fingerprint density at radius 1 is 0.705 bits per heavy atom. The molecule has 4 heterocycles. The summed E-state index contributed by atoms with van der Waals surface area (Å²) in [6, 6.07) is 42.5. The highest BCUT2D eigenvalue weighted by Crippen LogP contribution is 2.40. The first kappa shape index (κ1) is 25.0. The van der Waals surface area contributed by atoms with Gasteiger partial charge in [0, 0.05) is 21.7 Å². The molecule has 2 aliphatic heterocycles. The van der Waals surface area contributed by atoms with Gasteiger partial charge in [-0.15, -0.1) is 0 Å². The minimum Gasteiger partial charge on any atom is -0.459 e. The normalized spacial score (nSPS) is 17.8. The van der Waals surface area contributed by atoms with Gasteiger partial charge < -0.3 is 19.6 Å². The summed E-state index contributed by atoms with van der Waals surface area (Å²) in [4.78, 5) is 5.41. The molecule has 0 spiro atoms. The molecular weight excluding hydrogens is 542 g/mol. The van der Waals surface area contributed by atoms with Gasteiger partial charge in [0.05, 0.1) is 28.8 Å². The van der Waals surface area contributed by atoms with Crippen molar-refractivity contribution < 1.29 is 4.42 Å². The van der Waals surface area contributed by atoms with Crippen LogP contribution in [0.15, 0.2) is 137 Å². The smallest absolute Gasteiger partial charge is 0.135 e. The third kappa shape index (κ3) is 3.88. The summed E-state index contributed by atoms with van der Waals surface area (Å²) < 4.78 is 8.85. The van der Waals surface area contributed by atoms with Crippen LogP contribution in [0.5, 0.6) is 0 Å². The summed E-state index contributed by atoms with van der Waals surface area (Å²) in [5.74, 6) is 1.75. The highest BCUT2D eigenvalue weighted by molar-refractivity contribution is 6.17. The molecule has 9 rings (SSSR count). The molecule has 0 radical (unpaired) electrons. The molecule has 2 unspecified atom stereocenters. The maximum absolute atomic E-state index is 6.47. The zero-order chi connectivity index (χ0) is 29.0. The van der Waals surface area contributed by atoms with Crippen LogP contribution in [0.2, 0.25) is 0 Å². The number of furan rings is 1. The average molecular weight is 572 g/mol. The lowest BCUT2D eigenvalue weighted by Gasteiger charge is -2.33. The third-order valence-corrected chi connectivity index (χ3v) is 8.75. The van der Waals surface area contributed by atoms with E-state index >= 15 is 0 Å².